The number of carbonyl (C=O) groups excluding carboxylic acids is 2. The summed E-state index contributed by atoms with van der Waals surface area (Å²) in [5.74, 6) is 0.582. The molecule has 36 heavy (non-hydrogen) atoms. The van der Waals surface area contributed by atoms with Crippen LogP contribution >= 0.6 is 0 Å². The average Bonchev–Trinajstić information content (AvgIpc) is 2.90. The summed E-state index contributed by atoms with van der Waals surface area (Å²) in [6.45, 7) is 7.28. The fraction of sp³-hybridized carbons (Fsp3) is 0.548. The number of esters is 2. The first kappa shape index (κ1) is 29.4. The second kappa shape index (κ2) is 17.6. The number of hydrogen-bond donors (Lipinski definition) is 0. The van der Waals surface area contributed by atoms with Crippen LogP contribution in [0.2, 0.25) is 0 Å². The van der Waals surface area contributed by atoms with E-state index in [-0.39, 0.29) is 11.9 Å². The number of benzene rings is 2. The van der Waals surface area contributed by atoms with Gasteiger partial charge in [-0.2, -0.15) is 0 Å². The summed E-state index contributed by atoms with van der Waals surface area (Å²) >= 11 is 0. The molecule has 0 aliphatic rings. The van der Waals surface area contributed by atoms with Gasteiger partial charge in [-0.1, -0.05) is 77.8 Å². The fourth-order valence-corrected chi connectivity index (χ4v) is 3.85. The van der Waals surface area contributed by atoms with Crippen molar-refractivity contribution in [2.75, 3.05) is 13.2 Å². The summed E-state index contributed by atoms with van der Waals surface area (Å²) in [4.78, 5) is 24.4. The highest BCUT2D eigenvalue weighted by molar-refractivity contribution is 5.91. The highest BCUT2D eigenvalue weighted by Crippen LogP contribution is 2.19. The van der Waals surface area contributed by atoms with Crippen LogP contribution in [0.1, 0.15) is 101 Å². The minimum Gasteiger partial charge on any atom is -0.494 e. The van der Waals surface area contributed by atoms with E-state index in [1.165, 1.54) is 44.9 Å². The molecule has 0 amide bonds. The molecule has 0 aliphatic heterocycles. The van der Waals surface area contributed by atoms with Crippen LogP contribution in [0.15, 0.2) is 48.5 Å². The first-order valence-electron chi connectivity index (χ1n) is 13.7. The third kappa shape index (κ3) is 11.7. The van der Waals surface area contributed by atoms with E-state index in [4.69, 9.17) is 14.2 Å². The molecular weight excluding hydrogens is 452 g/mol. The number of aryl methyl sites for hydroxylation is 1. The predicted octanol–water partition coefficient (Wildman–Crippen LogP) is 7.95. The van der Waals surface area contributed by atoms with Crippen LogP contribution in [-0.2, 0) is 16.0 Å². The smallest absolute Gasteiger partial charge is 0.343 e. The van der Waals surface area contributed by atoms with Gasteiger partial charge in [-0.3, -0.25) is 4.79 Å². The van der Waals surface area contributed by atoms with Gasteiger partial charge in [0, 0.05) is 0 Å². The molecule has 5 nitrogen and oxygen atoms in total. The van der Waals surface area contributed by atoms with Crippen molar-refractivity contribution in [1.82, 2.24) is 0 Å². The molecule has 5 heteroatoms. The Bertz CT molecular complexity index is 873. The zero-order valence-electron chi connectivity index (χ0n) is 22.4. The van der Waals surface area contributed by atoms with Crippen LogP contribution < -0.4 is 9.47 Å². The Morgan fingerprint density at radius 2 is 1.33 bits per heavy atom. The van der Waals surface area contributed by atoms with E-state index in [1.54, 1.807) is 24.3 Å². The molecule has 0 radical (unpaired) electrons. The van der Waals surface area contributed by atoms with Gasteiger partial charge in [0.2, 0.25) is 0 Å². The van der Waals surface area contributed by atoms with Crippen LogP contribution in [0.25, 0.3) is 0 Å². The molecule has 0 N–H and O–H groups in total. The third-order valence-corrected chi connectivity index (χ3v) is 6.21. The highest BCUT2D eigenvalue weighted by Gasteiger charge is 2.14. The lowest BCUT2D eigenvalue weighted by molar-refractivity contribution is -0.148. The molecule has 0 saturated heterocycles. The molecule has 2 aromatic rings. The Hall–Kier alpha value is -2.82. The first-order valence-corrected chi connectivity index (χ1v) is 13.7. The van der Waals surface area contributed by atoms with Crippen molar-refractivity contribution in [3.8, 4) is 11.5 Å². The number of hydrogen-bond acceptors (Lipinski definition) is 5. The molecule has 198 valence electrons. The van der Waals surface area contributed by atoms with E-state index >= 15 is 0 Å². The molecule has 0 saturated carbocycles. The zero-order valence-corrected chi connectivity index (χ0v) is 22.4. The topological polar surface area (TPSA) is 61.8 Å². The Morgan fingerprint density at radius 1 is 0.722 bits per heavy atom. The predicted molar refractivity (Wildman–Crippen MR) is 145 cm³/mol. The number of unbranched alkanes of at least 4 members (excludes halogenated alkanes) is 7. The maximum Gasteiger partial charge on any atom is 0.343 e. The Labute approximate surface area is 217 Å². The second-order valence-electron chi connectivity index (χ2n) is 9.49. The van der Waals surface area contributed by atoms with Gasteiger partial charge >= 0.3 is 11.9 Å². The van der Waals surface area contributed by atoms with Gasteiger partial charge in [-0.05, 0) is 67.6 Å². The molecule has 0 fully saturated rings. The van der Waals surface area contributed by atoms with Crippen molar-refractivity contribution in [2.45, 2.75) is 91.4 Å². The van der Waals surface area contributed by atoms with Crippen molar-refractivity contribution in [2.24, 2.45) is 5.92 Å². The van der Waals surface area contributed by atoms with Crippen LogP contribution in [0.5, 0.6) is 11.5 Å². The molecule has 1 unspecified atom stereocenters. The summed E-state index contributed by atoms with van der Waals surface area (Å²) in [5.41, 5.74) is 1.57. The SMILES string of the molecule is CCCCCCCCCCOc1ccc(C(=O)Oc2ccc(CCC(C)C(=O)OCCC)cc2)cc1. The maximum absolute atomic E-state index is 12.5. The van der Waals surface area contributed by atoms with Gasteiger partial charge < -0.3 is 14.2 Å². The van der Waals surface area contributed by atoms with E-state index < -0.39 is 5.97 Å². The highest BCUT2D eigenvalue weighted by atomic mass is 16.5. The molecule has 0 aliphatic carbocycles. The van der Waals surface area contributed by atoms with Gasteiger partial charge in [0.25, 0.3) is 0 Å². The Kier molecular flexibility index (Phi) is 14.4. The average molecular weight is 497 g/mol. The maximum atomic E-state index is 12.5. The lowest BCUT2D eigenvalue weighted by atomic mass is 10.0. The lowest BCUT2D eigenvalue weighted by Crippen LogP contribution is -2.16. The van der Waals surface area contributed by atoms with E-state index in [0.29, 0.717) is 24.5 Å². The van der Waals surface area contributed by atoms with Crippen LogP contribution in [0, 0.1) is 5.92 Å². The molecule has 2 rings (SSSR count). The van der Waals surface area contributed by atoms with E-state index in [2.05, 4.69) is 6.92 Å². The van der Waals surface area contributed by atoms with Crippen LogP contribution in [-0.4, -0.2) is 25.2 Å². The largest absolute Gasteiger partial charge is 0.494 e. The molecule has 0 heterocycles. The molecule has 0 spiro atoms. The molecule has 2 aromatic carbocycles. The standard InChI is InChI=1S/C31H44O5/c1-4-6-7-8-9-10-11-12-24-34-28-21-17-27(18-22-28)31(33)36-29-19-15-26(16-20-29)14-13-25(3)30(32)35-23-5-2/h15-22,25H,4-14,23-24H2,1-3H3. The first-order chi connectivity index (χ1) is 17.5. The summed E-state index contributed by atoms with van der Waals surface area (Å²) in [6, 6.07) is 14.5. The fourth-order valence-electron chi connectivity index (χ4n) is 3.85. The molecule has 0 aromatic heterocycles. The number of rotatable bonds is 18. The molecule has 0 bridgehead atoms. The van der Waals surface area contributed by atoms with Crippen LogP contribution in [0.3, 0.4) is 0 Å². The van der Waals surface area contributed by atoms with Crippen molar-refractivity contribution < 1.29 is 23.8 Å². The van der Waals surface area contributed by atoms with E-state index in [9.17, 15) is 9.59 Å². The second-order valence-corrected chi connectivity index (χ2v) is 9.49. The number of ether oxygens (including phenoxy) is 3. The number of carbonyl (C=O) groups is 2. The summed E-state index contributed by atoms with van der Waals surface area (Å²) in [6.07, 6.45) is 12.5. The van der Waals surface area contributed by atoms with E-state index in [1.807, 2.05) is 38.1 Å². The monoisotopic (exact) mass is 496 g/mol. The Morgan fingerprint density at radius 3 is 1.97 bits per heavy atom. The van der Waals surface area contributed by atoms with Gasteiger partial charge in [0.1, 0.15) is 11.5 Å². The normalized spacial score (nSPS) is 11.6. The summed E-state index contributed by atoms with van der Waals surface area (Å²) in [5, 5.41) is 0. The van der Waals surface area contributed by atoms with Crippen LogP contribution in [0.4, 0.5) is 0 Å². The van der Waals surface area contributed by atoms with Gasteiger partial charge in [0.05, 0.1) is 24.7 Å². The van der Waals surface area contributed by atoms with Crippen molar-refractivity contribution >= 4 is 11.9 Å². The van der Waals surface area contributed by atoms with Gasteiger partial charge in [-0.25, -0.2) is 4.79 Å². The van der Waals surface area contributed by atoms with E-state index in [0.717, 1.165) is 37.0 Å². The van der Waals surface area contributed by atoms with Gasteiger partial charge in [-0.15, -0.1) is 0 Å². The quantitative estimate of drug-likeness (QED) is 0.119. The third-order valence-electron chi connectivity index (χ3n) is 6.21. The van der Waals surface area contributed by atoms with Crippen molar-refractivity contribution in [3.05, 3.63) is 59.7 Å². The van der Waals surface area contributed by atoms with Crippen molar-refractivity contribution in [3.63, 3.8) is 0 Å². The van der Waals surface area contributed by atoms with Gasteiger partial charge in [0.15, 0.2) is 0 Å². The molecule has 1 atom stereocenters. The zero-order chi connectivity index (χ0) is 26.0. The summed E-state index contributed by atoms with van der Waals surface area (Å²) < 4.78 is 16.5. The summed E-state index contributed by atoms with van der Waals surface area (Å²) in [7, 11) is 0. The van der Waals surface area contributed by atoms with Crippen molar-refractivity contribution in [1.29, 1.82) is 0 Å². The lowest BCUT2D eigenvalue weighted by Gasteiger charge is -2.11. The minimum absolute atomic E-state index is 0.138. The molecular formula is C31H44O5. The Balaban J connectivity index is 1.68. The minimum atomic E-state index is -0.398.